The standard InChI is InChI=1S/C15H23ClN2O2/c1-11(15(19)20)10-18(9-8-17(3)4)14-7-5-6-13(16)12(14)2/h5-7,11H,8-10H2,1-4H3,(H,19,20). The van der Waals surface area contributed by atoms with Gasteiger partial charge in [0.1, 0.15) is 0 Å². The van der Waals surface area contributed by atoms with Crippen molar-refractivity contribution in [2.45, 2.75) is 13.8 Å². The summed E-state index contributed by atoms with van der Waals surface area (Å²) in [5.74, 6) is -1.20. The zero-order valence-electron chi connectivity index (χ0n) is 12.6. The topological polar surface area (TPSA) is 43.8 Å². The smallest absolute Gasteiger partial charge is 0.308 e. The number of aliphatic carboxylic acids is 1. The van der Waals surface area contributed by atoms with Gasteiger partial charge >= 0.3 is 5.97 Å². The summed E-state index contributed by atoms with van der Waals surface area (Å²) in [6.07, 6.45) is 0. The van der Waals surface area contributed by atoms with E-state index in [2.05, 4.69) is 9.80 Å². The summed E-state index contributed by atoms with van der Waals surface area (Å²) in [7, 11) is 4.01. The fourth-order valence-corrected chi connectivity index (χ4v) is 2.15. The lowest BCUT2D eigenvalue weighted by atomic mass is 10.1. The maximum absolute atomic E-state index is 11.1. The molecular formula is C15H23ClN2O2. The van der Waals surface area contributed by atoms with Crippen molar-refractivity contribution in [3.63, 3.8) is 0 Å². The lowest BCUT2D eigenvalue weighted by Crippen LogP contribution is -2.37. The normalized spacial score (nSPS) is 12.5. The van der Waals surface area contributed by atoms with Gasteiger partial charge in [-0.15, -0.1) is 0 Å². The van der Waals surface area contributed by atoms with E-state index in [1.54, 1.807) is 6.92 Å². The molecule has 0 aliphatic carbocycles. The molecule has 0 spiro atoms. The van der Waals surface area contributed by atoms with Crippen LogP contribution in [0.25, 0.3) is 0 Å². The highest BCUT2D eigenvalue weighted by Crippen LogP contribution is 2.27. The van der Waals surface area contributed by atoms with Gasteiger partial charge in [-0.05, 0) is 38.7 Å². The van der Waals surface area contributed by atoms with Gasteiger partial charge in [0, 0.05) is 30.3 Å². The first-order valence-corrected chi connectivity index (χ1v) is 7.08. The third kappa shape index (κ3) is 4.69. The monoisotopic (exact) mass is 298 g/mol. The number of likely N-dealkylation sites (N-methyl/N-ethyl adjacent to an activating group) is 1. The molecule has 1 N–H and O–H groups in total. The van der Waals surface area contributed by atoms with E-state index in [-0.39, 0.29) is 0 Å². The van der Waals surface area contributed by atoms with E-state index in [0.29, 0.717) is 11.6 Å². The van der Waals surface area contributed by atoms with Gasteiger partial charge < -0.3 is 14.9 Å². The van der Waals surface area contributed by atoms with Gasteiger partial charge in [0.25, 0.3) is 0 Å². The molecule has 0 aromatic heterocycles. The number of anilines is 1. The van der Waals surface area contributed by atoms with E-state index in [0.717, 1.165) is 24.3 Å². The fourth-order valence-electron chi connectivity index (χ4n) is 1.98. The van der Waals surface area contributed by atoms with E-state index >= 15 is 0 Å². The van der Waals surface area contributed by atoms with Crippen LogP contribution >= 0.6 is 11.6 Å². The van der Waals surface area contributed by atoms with Gasteiger partial charge in [-0.2, -0.15) is 0 Å². The van der Waals surface area contributed by atoms with Crippen LogP contribution in [-0.4, -0.2) is 49.7 Å². The number of carboxylic acids is 1. The van der Waals surface area contributed by atoms with Crippen molar-refractivity contribution in [1.82, 2.24) is 4.90 Å². The minimum Gasteiger partial charge on any atom is -0.481 e. The molecule has 1 aromatic carbocycles. The van der Waals surface area contributed by atoms with E-state index in [1.165, 1.54) is 0 Å². The summed E-state index contributed by atoms with van der Waals surface area (Å²) < 4.78 is 0. The molecule has 0 aliphatic rings. The first-order chi connectivity index (χ1) is 9.32. The Labute approximate surface area is 125 Å². The Morgan fingerprint density at radius 1 is 1.35 bits per heavy atom. The zero-order valence-corrected chi connectivity index (χ0v) is 13.3. The van der Waals surface area contributed by atoms with Crippen molar-refractivity contribution >= 4 is 23.3 Å². The van der Waals surface area contributed by atoms with Crippen LogP contribution in [0.5, 0.6) is 0 Å². The predicted molar refractivity (Wildman–Crippen MR) is 83.8 cm³/mol. The zero-order chi connectivity index (χ0) is 15.3. The van der Waals surface area contributed by atoms with Gasteiger partial charge in [-0.1, -0.05) is 24.6 Å². The van der Waals surface area contributed by atoms with Crippen LogP contribution < -0.4 is 4.90 Å². The molecule has 0 heterocycles. The second-order valence-corrected chi connectivity index (χ2v) is 5.78. The highest BCUT2D eigenvalue weighted by Gasteiger charge is 2.18. The maximum Gasteiger partial charge on any atom is 0.308 e. The van der Waals surface area contributed by atoms with Crippen molar-refractivity contribution in [2.75, 3.05) is 38.6 Å². The largest absolute Gasteiger partial charge is 0.481 e. The second-order valence-electron chi connectivity index (χ2n) is 5.37. The number of hydrogen-bond acceptors (Lipinski definition) is 3. The molecular weight excluding hydrogens is 276 g/mol. The van der Waals surface area contributed by atoms with Crippen molar-refractivity contribution in [2.24, 2.45) is 5.92 Å². The minimum absolute atomic E-state index is 0.421. The molecule has 0 aliphatic heterocycles. The van der Waals surface area contributed by atoms with Crippen molar-refractivity contribution in [3.05, 3.63) is 28.8 Å². The lowest BCUT2D eigenvalue weighted by Gasteiger charge is -2.29. The van der Waals surface area contributed by atoms with E-state index in [1.807, 2.05) is 39.2 Å². The lowest BCUT2D eigenvalue weighted by molar-refractivity contribution is -0.140. The Morgan fingerprint density at radius 3 is 2.55 bits per heavy atom. The maximum atomic E-state index is 11.1. The molecule has 5 heteroatoms. The summed E-state index contributed by atoms with van der Waals surface area (Å²) >= 11 is 6.17. The number of carbonyl (C=O) groups is 1. The van der Waals surface area contributed by atoms with Crippen LogP contribution in [0.4, 0.5) is 5.69 Å². The first-order valence-electron chi connectivity index (χ1n) is 6.70. The molecule has 1 unspecified atom stereocenters. The molecule has 0 bridgehead atoms. The SMILES string of the molecule is Cc1c(Cl)cccc1N(CCN(C)C)CC(C)C(=O)O. The molecule has 1 rings (SSSR count). The molecule has 1 atom stereocenters. The highest BCUT2D eigenvalue weighted by atomic mass is 35.5. The average molecular weight is 299 g/mol. The Kier molecular flexibility index (Phi) is 6.30. The van der Waals surface area contributed by atoms with Gasteiger partial charge in [0.15, 0.2) is 0 Å². The van der Waals surface area contributed by atoms with Gasteiger partial charge in [0.2, 0.25) is 0 Å². The summed E-state index contributed by atoms with van der Waals surface area (Å²) in [5.41, 5.74) is 2.00. The summed E-state index contributed by atoms with van der Waals surface area (Å²) in [6.45, 7) is 5.80. The van der Waals surface area contributed by atoms with Crippen molar-refractivity contribution in [3.8, 4) is 0 Å². The summed E-state index contributed by atoms with van der Waals surface area (Å²) in [4.78, 5) is 15.3. The van der Waals surface area contributed by atoms with Gasteiger partial charge in [-0.25, -0.2) is 0 Å². The summed E-state index contributed by atoms with van der Waals surface area (Å²) in [5, 5.41) is 9.82. The third-order valence-electron chi connectivity index (χ3n) is 3.31. The molecule has 0 saturated carbocycles. The number of rotatable bonds is 7. The Hall–Kier alpha value is -1.26. The molecule has 4 nitrogen and oxygen atoms in total. The number of hydrogen-bond donors (Lipinski definition) is 1. The van der Waals surface area contributed by atoms with E-state index in [9.17, 15) is 4.79 Å². The van der Waals surface area contributed by atoms with Crippen LogP contribution in [-0.2, 0) is 4.79 Å². The Bertz CT molecular complexity index is 463. The van der Waals surface area contributed by atoms with E-state index < -0.39 is 11.9 Å². The van der Waals surface area contributed by atoms with Crippen LogP contribution in [0.15, 0.2) is 18.2 Å². The van der Waals surface area contributed by atoms with Crippen LogP contribution in [0, 0.1) is 12.8 Å². The molecule has 20 heavy (non-hydrogen) atoms. The van der Waals surface area contributed by atoms with E-state index in [4.69, 9.17) is 16.7 Å². The van der Waals surface area contributed by atoms with Crippen LogP contribution in [0.2, 0.25) is 5.02 Å². The fraction of sp³-hybridized carbons (Fsp3) is 0.533. The molecule has 1 aromatic rings. The molecule has 0 saturated heterocycles. The summed E-state index contributed by atoms with van der Waals surface area (Å²) in [6, 6.07) is 5.75. The average Bonchev–Trinajstić information content (AvgIpc) is 2.37. The van der Waals surface area contributed by atoms with Crippen molar-refractivity contribution in [1.29, 1.82) is 0 Å². The second kappa shape index (κ2) is 7.50. The number of nitrogens with zero attached hydrogens (tertiary/aromatic N) is 2. The van der Waals surface area contributed by atoms with Crippen LogP contribution in [0.1, 0.15) is 12.5 Å². The Morgan fingerprint density at radius 2 is 2.00 bits per heavy atom. The molecule has 0 radical (unpaired) electrons. The van der Waals surface area contributed by atoms with Gasteiger partial charge in [-0.3, -0.25) is 4.79 Å². The number of carboxylic acid groups (broad SMARTS) is 1. The van der Waals surface area contributed by atoms with Crippen molar-refractivity contribution < 1.29 is 9.90 Å². The third-order valence-corrected chi connectivity index (χ3v) is 3.72. The molecule has 0 amide bonds. The number of benzene rings is 1. The van der Waals surface area contributed by atoms with Gasteiger partial charge in [0.05, 0.1) is 5.92 Å². The quantitative estimate of drug-likeness (QED) is 0.840. The Balaban J connectivity index is 2.96. The first kappa shape index (κ1) is 16.8. The van der Waals surface area contributed by atoms with Crippen LogP contribution in [0.3, 0.4) is 0 Å². The minimum atomic E-state index is -0.778. The predicted octanol–water partition coefficient (Wildman–Crippen LogP) is 2.74. The molecule has 0 fully saturated rings. The highest BCUT2D eigenvalue weighted by molar-refractivity contribution is 6.31. The number of halogens is 1. The molecule has 112 valence electrons.